The predicted molar refractivity (Wildman–Crippen MR) is 66.8 cm³/mol. The van der Waals surface area contributed by atoms with Crippen LogP contribution < -0.4 is 0 Å². The molecule has 1 aliphatic heterocycles. The summed E-state index contributed by atoms with van der Waals surface area (Å²) in [6.45, 7) is 4.25. The summed E-state index contributed by atoms with van der Waals surface area (Å²) in [6.07, 6.45) is 1.38. The summed E-state index contributed by atoms with van der Waals surface area (Å²) in [5, 5.41) is 9.01. The molecule has 1 aliphatic rings. The molecule has 0 aromatic heterocycles. The number of likely N-dealkylation sites (tertiary alicyclic amines) is 1. The highest BCUT2D eigenvalue weighted by atomic mass is 16.4. The zero-order valence-electron chi connectivity index (χ0n) is 10.2. The fourth-order valence-corrected chi connectivity index (χ4v) is 2.42. The molecule has 1 heterocycles. The van der Waals surface area contributed by atoms with E-state index in [0.717, 1.165) is 24.6 Å². The average Bonchev–Trinajstić information content (AvgIpc) is 2.27. The van der Waals surface area contributed by atoms with Gasteiger partial charge in [0.25, 0.3) is 0 Å². The molecule has 1 aromatic rings. The van der Waals surface area contributed by atoms with E-state index in [-0.39, 0.29) is 12.5 Å². The first-order chi connectivity index (χ1) is 8.20. The number of carboxylic acid groups (broad SMARTS) is 1. The molecule has 0 amide bonds. The van der Waals surface area contributed by atoms with Crippen LogP contribution >= 0.6 is 0 Å². The number of carboxylic acids is 1. The molecule has 1 unspecified atom stereocenters. The first-order valence-corrected chi connectivity index (χ1v) is 6.21. The Bertz CT molecular complexity index is 371. The molecule has 1 fully saturated rings. The van der Waals surface area contributed by atoms with Crippen LogP contribution in [0.4, 0.5) is 0 Å². The predicted octanol–water partition coefficient (Wildman–Crippen LogP) is 2.54. The largest absolute Gasteiger partial charge is 0.481 e. The Morgan fingerprint density at radius 3 is 2.59 bits per heavy atom. The second kappa shape index (κ2) is 5.32. The van der Waals surface area contributed by atoms with Crippen molar-refractivity contribution in [1.29, 1.82) is 0 Å². The number of aliphatic carboxylic acids is 1. The molecular formula is C14H19NO2. The lowest BCUT2D eigenvalue weighted by Crippen LogP contribution is -2.48. The van der Waals surface area contributed by atoms with E-state index in [1.807, 2.05) is 30.3 Å². The maximum absolute atomic E-state index is 11.0. The van der Waals surface area contributed by atoms with Gasteiger partial charge < -0.3 is 5.11 Å². The Morgan fingerprint density at radius 1 is 1.41 bits per heavy atom. The molecule has 0 radical (unpaired) electrons. The second-order valence-corrected chi connectivity index (χ2v) is 4.75. The van der Waals surface area contributed by atoms with Gasteiger partial charge in [0, 0.05) is 19.1 Å². The van der Waals surface area contributed by atoms with Crippen LogP contribution in [0.15, 0.2) is 30.3 Å². The van der Waals surface area contributed by atoms with E-state index in [2.05, 4.69) is 11.8 Å². The van der Waals surface area contributed by atoms with Crippen LogP contribution in [0.3, 0.4) is 0 Å². The zero-order chi connectivity index (χ0) is 12.3. The first-order valence-electron chi connectivity index (χ1n) is 6.21. The zero-order valence-corrected chi connectivity index (χ0v) is 10.2. The van der Waals surface area contributed by atoms with E-state index in [1.165, 1.54) is 6.42 Å². The Morgan fingerprint density at radius 2 is 2.06 bits per heavy atom. The minimum absolute atomic E-state index is 0.0384. The fraction of sp³-hybridized carbons (Fsp3) is 0.500. The van der Waals surface area contributed by atoms with Gasteiger partial charge >= 0.3 is 5.97 Å². The Kier molecular flexibility index (Phi) is 3.79. The maximum atomic E-state index is 11.0. The minimum atomic E-state index is -0.723. The Balaban J connectivity index is 2.07. The molecule has 3 nitrogen and oxygen atoms in total. The van der Waals surface area contributed by atoms with Crippen LogP contribution in [0.5, 0.6) is 0 Å². The van der Waals surface area contributed by atoms with Crippen molar-refractivity contribution in [1.82, 2.24) is 4.90 Å². The average molecular weight is 233 g/mol. The van der Waals surface area contributed by atoms with Gasteiger partial charge in [0.1, 0.15) is 0 Å². The smallest absolute Gasteiger partial charge is 0.305 e. The molecule has 17 heavy (non-hydrogen) atoms. The van der Waals surface area contributed by atoms with Gasteiger partial charge in [-0.25, -0.2) is 0 Å². The lowest BCUT2D eigenvalue weighted by Gasteiger charge is -2.44. The number of hydrogen-bond acceptors (Lipinski definition) is 2. The summed E-state index contributed by atoms with van der Waals surface area (Å²) >= 11 is 0. The molecule has 0 bridgehead atoms. The maximum Gasteiger partial charge on any atom is 0.305 e. The first kappa shape index (κ1) is 12.1. The summed E-state index contributed by atoms with van der Waals surface area (Å²) in [7, 11) is 0. The number of carbonyl (C=O) groups is 1. The summed E-state index contributed by atoms with van der Waals surface area (Å²) in [5.41, 5.74) is 1.12. The molecular weight excluding hydrogens is 214 g/mol. The van der Waals surface area contributed by atoms with E-state index in [4.69, 9.17) is 5.11 Å². The molecule has 0 aliphatic carbocycles. The second-order valence-electron chi connectivity index (χ2n) is 4.75. The van der Waals surface area contributed by atoms with Crippen molar-refractivity contribution in [2.45, 2.75) is 25.8 Å². The van der Waals surface area contributed by atoms with Gasteiger partial charge in [0.2, 0.25) is 0 Å². The third-order valence-corrected chi connectivity index (χ3v) is 3.56. The van der Waals surface area contributed by atoms with E-state index < -0.39 is 5.97 Å². The fourth-order valence-electron chi connectivity index (χ4n) is 2.42. The van der Waals surface area contributed by atoms with E-state index in [9.17, 15) is 4.79 Å². The van der Waals surface area contributed by atoms with Crippen LogP contribution in [0.25, 0.3) is 0 Å². The summed E-state index contributed by atoms with van der Waals surface area (Å²) in [6, 6.07) is 9.99. The standard InChI is InChI=1S/C14H19NO2/c1-2-11-9-15(10-11)13(8-14(16)17)12-6-4-3-5-7-12/h3-7,11,13H,2,8-10H2,1H3,(H,16,17). The van der Waals surface area contributed by atoms with Gasteiger partial charge in [-0.15, -0.1) is 0 Å². The quantitative estimate of drug-likeness (QED) is 0.849. The molecule has 2 rings (SSSR count). The van der Waals surface area contributed by atoms with Crippen LogP contribution in [0, 0.1) is 5.92 Å². The van der Waals surface area contributed by atoms with Gasteiger partial charge in [-0.05, 0) is 11.5 Å². The number of nitrogens with zero attached hydrogens (tertiary/aromatic N) is 1. The van der Waals surface area contributed by atoms with Crippen molar-refractivity contribution in [3.8, 4) is 0 Å². The van der Waals surface area contributed by atoms with Gasteiger partial charge in [0.15, 0.2) is 0 Å². The highest BCUT2D eigenvalue weighted by molar-refractivity contribution is 5.68. The molecule has 1 saturated heterocycles. The lowest BCUT2D eigenvalue weighted by atomic mass is 9.91. The van der Waals surface area contributed by atoms with Crippen LogP contribution in [0.2, 0.25) is 0 Å². The van der Waals surface area contributed by atoms with Crippen LogP contribution in [0.1, 0.15) is 31.4 Å². The third-order valence-electron chi connectivity index (χ3n) is 3.56. The van der Waals surface area contributed by atoms with Gasteiger partial charge in [-0.2, -0.15) is 0 Å². The van der Waals surface area contributed by atoms with Gasteiger partial charge in [-0.3, -0.25) is 9.69 Å². The summed E-state index contributed by atoms with van der Waals surface area (Å²) in [5.74, 6) is 0.0220. The van der Waals surface area contributed by atoms with Crippen molar-refractivity contribution < 1.29 is 9.90 Å². The third kappa shape index (κ3) is 2.86. The molecule has 1 N–H and O–H groups in total. The number of hydrogen-bond donors (Lipinski definition) is 1. The Hall–Kier alpha value is -1.35. The summed E-state index contributed by atoms with van der Waals surface area (Å²) < 4.78 is 0. The van der Waals surface area contributed by atoms with Gasteiger partial charge in [0.05, 0.1) is 6.42 Å². The van der Waals surface area contributed by atoms with E-state index in [0.29, 0.717) is 0 Å². The molecule has 0 saturated carbocycles. The highest BCUT2D eigenvalue weighted by Crippen LogP contribution is 2.32. The van der Waals surface area contributed by atoms with Crippen molar-refractivity contribution in [2.24, 2.45) is 5.92 Å². The highest BCUT2D eigenvalue weighted by Gasteiger charge is 2.32. The van der Waals surface area contributed by atoms with Crippen molar-refractivity contribution >= 4 is 5.97 Å². The van der Waals surface area contributed by atoms with Crippen molar-refractivity contribution in [3.63, 3.8) is 0 Å². The molecule has 3 heteroatoms. The SMILES string of the molecule is CCC1CN(C(CC(=O)O)c2ccccc2)C1. The Labute approximate surface area is 102 Å². The van der Waals surface area contributed by atoms with Gasteiger partial charge in [-0.1, -0.05) is 43.7 Å². The number of benzene rings is 1. The normalized spacial score (nSPS) is 18.6. The van der Waals surface area contributed by atoms with Crippen LogP contribution in [-0.4, -0.2) is 29.1 Å². The molecule has 1 aromatic carbocycles. The minimum Gasteiger partial charge on any atom is -0.481 e. The monoisotopic (exact) mass is 233 g/mol. The van der Waals surface area contributed by atoms with Crippen molar-refractivity contribution in [2.75, 3.05) is 13.1 Å². The molecule has 92 valence electrons. The van der Waals surface area contributed by atoms with Crippen LogP contribution in [-0.2, 0) is 4.79 Å². The summed E-state index contributed by atoms with van der Waals surface area (Å²) in [4.78, 5) is 13.2. The molecule has 0 spiro atoms. The van der Waals surface area contributed by atoms with E-state index >= 15 is 0 Å². The number of rotatable bonds is 5. The topological polar surface area (TPSA) is 40.5 Å². The van der Waals surface area contributed by atoms with E-state index in [1.54, 1.807) is 0 Å². The van der Waals surface area contributed by atoms with Crippen molar-refractivity contribution in [3.05, 3.63) is 35.9 Å². The molecule has 1 atom stereocenters. The lowest BCUT2D eigenvalue weighted by molar-refractivity contribution is -0.139.